The first kappa shape index (κ1) is 16.9. The molecule has 1 aliphatic rings. The first-order valence-electron chi connectivity index (χ1n) is 6.22. The Morgan fingerprint density at radius 2 is 1.61 bits per heavy atom. The lowest BCUT2D eigenvalue weighted by Crippen LogP contribution is -2.30. The van der Waals surface area contributed by atoms with E-state index in [2.05, 4.69) is 17.6 Å². The van der Waals surface area contributed by atoms with E-state index in [1.807, 2.05) is 38.4 Å². The zero-order chi connectivity index (χ0) is 13.6. The monoisotopic (exact) mass is 254 g/mol. The molecule has 0 amide bonds. The Morgan fingerprint density at radius 3 is 1.89 bits per heavy atom. The van der Waals surface area contributed by atoms with Gasteiger partial charge in [-0.3, -0.25) is 0 Å². The second-order valence-corrected chi connectivity index (χ2v) is 3.88. The Morgan fingerprint density at radius 1 is 1.11 bits per heavy atom. The van der Waals surface area contributed by atoms with Crippen LogP contribution in [0.2, 0.25) is 0 Å². The molecule has 2 N–H and O–H groups in total. The molecule has 1 heterocycles. The molecule has 0 spiro atoms. The minimum absolute atomic E-state index is 0.889. The third-order valence-corrected chi connectivity index (χ3v) is 2.10. The molecule has 0 aliphatic carbocycles. The molecule has 2 rings (SSSR count). The lowest BCUT2D eigenvalue weighted by atomic mass is 10.2. The van der Waals surface area contributed by atoms with Crippen LogP contribution in [0, 0.1) is 6.92 Å². The van der Waals surface area contributed by atoms with Gasteiger partial charge in [-0.25, -0.2) is 0 Å². The molecular formula is C14H26N2O2. The maximum Gasteiger partial charge on any atom is 0.118 e. The second-order valence-electron chi connectivity index (χ2n) is 3.88. The second kappa shape index (κ2) is 12.4. The first-order valence-corrected chi connectivity index (χ1v) is 6.22. The van der Waals surface area contributed by atoms with Gasteiger partial charge in [0, 0.05) is 13.1 Å². The summed E-state index contributed by atoms with van der Waals surface area (Å²) in [7, 11) is 5.42. The quantitative estimate of drug-likeness (QED) is 0.796. The molecule has 0 unspecified atom stereocenters. The summed E-state index contributed by atoms with van der Waals surface area (Å²) in [6.07, 6.45) is 0. The average Bonchev–Trinajstić information content (AvgIpc) is 2.43. The molecule has 4 nitrogen and oxygen atoms in total. The lowest BCUT2D eigenvalue weighted by molar-refractivity contribution is 0.109. The van der Waals surface area contributed by atoms with Gasteiger partial charge in [0.05, 0.1) is 20.3 Å². The van der Waals surface area contributed by atoms with E-state index in [1.54, 1.807) is 7.11 Å². The number of ether oxygens (including phenoxy) is 2. The topological polar surface area (TPSA) is 42.5 Å². The van der Waals surface area contributed by atoms with Crippen LogP contribution in [0.4, 0.5) is 0 Å². The van der Waals surface area contributed by atoms with E-state index >= 15 is 0 Å². The predicted molar refractivity (Wildman–Crippen MR) is 76.4 cm³/mol. The number of aryl methyl sites for hydroxylation is 1. The summed E-state index contributed by atoms with van der Waals surface area (Å²) < 4.78 is 9.98. The van der Waals surface area contributed by atoms with Crippen LogP contribution >= 0.6 is 0 Å². The van der Waals surface area contributed by atoms with Gasteiger partial charge in [-0.1, -0.05) is 17.7 Å². The standard InChI is InChI=1S/C8H10O.C4H9NO.C2H7N/c1-7-3-5-8(9-2)6-4-7;1-3-6-4-2-5-1;1-3-2/h3-6H,1-2H3;5H,1-4H2;3H,1-2H3. The summed E-state index contributed by atoms with van der Waals surface area (Å²) >= 11 is 0. The van der Waals surface area contributed by atoms with Gasteiger partial charge in [0.15, 0.2) is 0 Å². The Bertz CT molecular complexity index is 260. The van der Waals surface area contributed by atoms with Crippen LogP contribution in [-0.2, 0) is 4.74 Å². The summed E-state index contributed by atoms with van der Waals surface area (Å²) in [6, 6.07) is 7.96. The van der Waals surface area contributed by atoms with Crippen molar-refractivity contribution in [3.8, 4) is 5.75 Å². The minimum Gasteiger partial charge on any atom is -0.497 e. The number of benzene rings is 1. The van der Waals surface area contributed by atoms with Crippen molar-refractivity contribution in [3.05, 3.63) is 29.8 Å². The molecule has 1 fully saturated rings. The summed E-state index contributed by atoms with van der Waals surface area (Å²) in [5.74, 6) is 0.917. The van der Waals surface area contributed by atoms with E-state index in [9.17, 15) is 0 Å². The highest BCUT2D eigenvalue weighted by atomic mass is 16.5. The summed E-state index contributed by atoms with van der Waals surface area (Å²) in [6.45, 7) is 5.89. The van der Waals surface area contributed by atoms with Crippen molar-refractivity contribution in [1.82, 2.24) is 10.6 Å². The third-order valence-electron chi connectivity index (χ3n) is 2.10. The Balaban J connectivity index is 0.000000278. The maximum atomic E-state index is 5.01. The predicted octanol–water partition coefficient (Wildman–Crippen LogP) is 1.45. The highest BCUT2D eigenvalue weighted by Crippen LogP contribution is 2.09. The molecule has 0 radical (unpaired) electrons. The van der Waals surface area contributed by atoms with E-state index in [0.29, 0.717) is 0 Å². The van der Waals surface area contributed by atoms with Crippen molar-refractivity contribution < 1.29 is 9.47 Å². The highest BCUT2D eigenvalue weighted by molar-refractivity contribution is 5.25. The number of morpholine rings is 1. The van der Waals surface area contributed by atoms with Crippen molar-refractivity contribution in [1.29, 1.82) is 0 Å². The fourth-order valence-corrected chi connectivity index (χ4v) is 1.19. The van der Waals surface area contributed by atoms with Crippen LogP contribution in [-0.4, -0.2) is 47.5 Å². The van der Waals surface area contributed by atoms with Crippen molar-refractivity contribution in [2.75, 3.05) is 47.5 Å². The summed E-state index contributed by atoms with van der Waals surface area (Å²) in [5.41, 5.74) is 1.26. The lowest BCUT2D eigenvalue weighted by Gasteiger charge is -2.10. The van der Waals surface area contributed by atoms with Crippen molar-refractivity contribution in [2.45, 2.75) is 6.92 Å². The van der Waals surface area contributed by atoms with E-state index in [1.165, 1.54) is 5.56 Å². The smallest absolute Gasteiger partial charge is 0.118 e. The number of methoxy groups -OCH3 is 1. The molecule has 0 atom stereocenters. The van der Waals surface area contributed by atoms with Gasteiger partial charge in [-0.05, 0) is 33.2 Å². The van der Waals surface area contributed by atoms with Crippen LogP contribution in [0.25, 0.3) is 0 Å². The van der Waals surface area contributed by atoms with Crippen molar-refractivity contribution in [3.63, 3.8) is 0 Å². The van der Waals surface area contributed by atoms with E-state index in [0.717, 1.165) is 32.1 Å². The van der Waals surface area contributed by atoms with Gasteiger partial charge in [-0.2, -0.15) is 0 Å². The summed E-state index contributed by atoms with van der Waals surface area (Å²) in [4.78, 5) is 0. The third kappa shape index (κ3) is 10.1. The molecular weight excluding hydrogens is 228 g/mol. The maximum absolute atomic E-state index is 5.01. The Labute approximate surface area is 111 Å². The van der Waals surface area contributed by atoms with Crippen molar-refractivity contribution >= 4 is 0 Å². The number of hydrogen-bond donors (Lipinski definition) is 2. The van der Waals surface area contributed by atoms with Crippen molar-refractivity contribution in [2.24, 2.45) is 0 Å². The van der Waals surface area contributed by atoms with Crippen LogP contribution in [0.1, 0.15) is 5.56 Å². The fraction of sp³-hybridized carbons (Fsp3) is 0.571. The Kier molecular flexibility index (Phi) is 11.6. The van der Waals surface area contributed by atoms with Gasteiger partial charge in [-0.15, -0.1) is 0 Å². The minimum atomic E-state index is 0.889. The van der Waals surface area contributed by atoms with E-state index in [4.69, 9.17) is 9.47 Å². The average molecular weight is 254 g/mol. The SMILES string of the molecule is C1COCCN1.CNC.COc1ccc(C)cc1. The zero-order valence-corrected chi connectivity index (χ0v) is 12.0. The van der Waals surface area contributed by atoms with Crippen LogP contribution in [0.5, 0.6) is 5.75 Å². The molecule has 0 aromatic heterocycles. The summed E-state index contributed by atoms with van der Waals surface area (Å²) in [5, 5.41) is 5.91. The number of hydrogen-bond acceptors (Lipinski definition) is 4. The number of nitrogens with one attached hydrogen (secondary N) is 2. The molecule has 0 bridgehead atoms. The molecule has 1 aliphatic heterocycles. The van der Waals surface area contributed by atoms with E-state index < -0.39 is 0 Å². The van der Waals surface area contributed by atoms with Gasteiger partial charge in [0.1, 0.15) is 5.75 Å². The van der Waals surface area contributed by atoms with Gasteiger partial charge in [0.2, 0.25) is 0 Å². The van der Waals surface area contributed by atoms with Gasteiger partial charge in [0.25, 0.3) is 0 Å². The zero-order valence-electron chi connectivity index (χ0n) is 12.0. The molecule has 1 aromatic carbocycles. The van der Waals surface area contributed by atoms with Gasteiger partial charge >= 0.3 is 0 Å². The Hall–Kier alpha value is -1.10. The molecule has 18 heavy (non-hydrogen) atoms. The first-order chi connectivity index (χ1) is 8.74. The van der Waals surface area contributed by atoms with E-state index in [-0.39, 0.29) is 0 Å². The molecule has 4 heteroatoms. The normalized spacial score (nSPS) is 13.6. The number of rotatable bonds is 1. The van der Waals surface area contributed by atoms with Gasteiger partial charge < -0.3 is 20.1 Å². The largest absolute Gasteiger partial charge is 0.497 e. The fourth-order valence-electron chi connectivity index (χ4n) is 1.19. The van der Waals surface area contributed by atoms with Crippen LogP contribution in [0.3, 0.4) is 0 Å². The van der Waals surface area contributed by atoms with Crippen LogP contribution in [0.15, 0.2) is 24.3 Å². The molecule has 1 aromatic rings. The highest BCUT2D eigenvalue weighted by Gasteiger charge is 1.93. The van der Waals surface area contributed by atoms with Crippen LogP contribution < -0.4 is 15.4 Å². The molecule has 0 saturated carbocycles. The molecule has 1 saturated heterocycles. The molecule has 104 valence electrons.